The van der Waals surface area contributed by atoms with Crippen LogP contribution in [0.25, 0.3) is 88.3 Å². The van der Waals surface area contributed by atoms with E-state index in [9.17, 15) is 0 Å². The van der Waals surface area contributed by atoms with E-state index in [2.05, 4.69) is 229 Å². The van der Waals surface area contributed by atoms with Crippen molar-refractivity contribution < 1.29 is 4.42 Å². The van der Waals surface area contributed by atoms with Crippen LogP contribution < -0.4 is 4.90 Å². The predicted octanol–water partition coefficient (Wildman–Crippen LogP) is 16.5. The van der Waals surface area contributed by atoms with E-state index < -0.39 is 0 Å². The molecule has 10 aromatic carbocycles. The quantitative estimate of drug-likeness (QED) is 0.153. The van der Waals surface area contributed by atoms with E-state index in [0.29, 0.717) is 0 Å². The molecule has 0 saturated heterocycles. The summed E-state index contributed by atoms with van der Waals surface area (Å²) in [7, 11) is 0. The molecule has 1 heterocycles. The van der Waals surface area contributed by atoms with Crippen molar-refractivity contribution in [3.8, 4) is 55.6 Å². The van der Waals surface area contributed by atoms with Gasteiger partial charge in [0.25, 0.3) is 0 Å². The van der Waals surface area contributed by atoms with Gasteiger partial charge in [-0.2, -0.15) is 0 Å². The number of hydrogen-bond acceptors (Lipinski definition) is 2. The Hall–Kier alpha value is -7.94. The monoisotopic (exact) mass is 765 g/mol. The Morgan fingerprint density at radius 1 is 0.267 bits per heavy atom. The van der Waals surface area contributed by atoms with Gasteiger partial charge in [0, 0.05) is 27.7 Å². The van der Waals surface area contributed by atoms with Gasteiger partial charge in [-0.05, 0) is 115 Å². The van der Waals surface area contributed by atoms with E-state index in [0.717, 1.165) is 61.3 Å². The molecule has 0 atom stereocenters. The Morgan fingerprint density at radius 2 is 0.750 bits per heavy atom. The van der Waals surface area contributed by atoms with Gasteiger partial charge in [0.2, 0.25) is 0 Å². The van der Waals surface area contributed by atoms with Crippen molar-refractivity contribution in [2.75, 3.05) is 4.90 Å². The fraction of sp³-hybridized carbons (Fsp3) is 0. The zero-order chi connectivity index (χ0) is 39.8. The summed E-state index contributed by atoms with van der Waals surface area (Å²) in [5.74, 6) is 0. The van der Waals surface area contributed by atoms with Crippen LogP contribution in [0.2, 0.25) is 0 Å². The minimum atomic E-state index is 0.898. The third kappa shape index (κ3) is 6.51. The predicted molar refractivity (Wildman–Crippen MR) is 253 cm³/mol. The number of furan rings is 1. The summed E-state index contributed by atoms with van der Waals surface area (Å²) < 4.78 is 6.26. The molecule has 0 amide bonds. The molecule has 0 aliphatic carbocycles. The molecular formula is C58H39NO. The largest absolute Gasteiger partial charge is 0.456 e. The Labute approximate surface area is 349 Å². The number of hydrogen-bond donors (Lipinski definition) is 0. The zero-order valence-electron chi connectivity index (χ0n) is 32.9. The summed E-state index contributed by atoms with van der Waals surface area (Å²) in [4.78, 5) is 2.38. The Morgan fingerprint density at radius 3 is 1.53 bits per heavy atom. The lowest BCUT2D eigenvalue weighted by Crippen LogP contribution is -2.11. The standard InChI is InChI=1S/C58H39NO/c1-2-12-40(13-3-1)41-24-26-45(27-25-41)53-19-6-8-22-56(53)59(50-35-30-43(31-36-50)47-32-37-55-54-20-7-9-23-57(54)60-58(55)39-47)49-33-28-42(29-34-49)46-16-10-17-48(38-46)52-21-11-15-44-14-4-5-18-51(44)52/h1-39H. The van der Waals surface area contributed by atoms with Gasteiger partial charge >= 0.3 is 0 Å². The first kappa shape index (κ1) is 35.2. The number of para-hydroxylation sites is 2. The van der Waals surface area contributed by atoms with Gasteiger partial charge in [-0.1, -0.05) is 182 Å². The molecule has 2 heteroatoms. The normalized spacial score (nSPS) is 11.3. The number of anilines is 3. The van der Waals surface area contributed by atoms with E-state index >= 15 is 0 Å². The van der Waals surface area contributed by atoms with Gasteiger partial charge in [0.05, 0.1) is 5.69 Å². The molecular weight excluding hydrogens is 727 g/mol. The van der Waals surface area contributed by atoms with Crippen LogP contribution in [0.3, 0.4) is 0 Å². The van der Waals surface area contributed by atoms with Crippen LogP contribution in [-0.4, -0.2) is 0 Å². The molecule has 11 aromatic rings. The van der Waals surface area contributed by atoms with Crippen molar-refractivity contribution in [1.29, 1.82) is 0 Å². The molecule has 0 aliphatic rings. The van der Waals surface area contributed by atoms with Crippen molar-refractivity contribution in [2.24, 2.45) is 0 Å². The molecule has 60 heavy (non-hydrogen) atoms. The minimum absolute atomic E-state index is 0.898. The average molecular weight is 766 g/mol. The number of rotatable bonds is 8. The molecule has 0 unspecified atom stereocenters. The summed E-state index contributed by atoms with van der Waals surface area (Å²) in [5, 5.41) is 4.78. The van der Waals surface area contributed by atoms with E-state index in [1.165, 1.54) is 44.2 Å². The fourth-order valence-corrected chi connectivity index (χ4v) is 8.67. The van der Waals surface area contributed by atoms with Crippen LogP contribution in [0.1, 0.15) is 0 Å². The third-order valence-electron chi connectivity index (χ3n) is 11.7. The maximum absolute atomic E-state index is 6.26. The van der Waals surface area contributed by atoms with Crippen molar-refractivity contribution >= 4 is 49.8 Å². The first-order chi connectivity index (χ1) is 29.7. The molecule has 0 spiro atoms. The molecule has 0 fully saturated rings. The van der Waals surface area contributed by atoms with Crippen LogP contribution >= 0.6 is 0 Å². The van der Waals surface area contributed by atoms with Gasteiger partial charge in [0.1, 0.15) is 11.2 Å². The molecule has 0 N–H and O–H groups in total. The highest BCUT2D eigenvalue weighted by atomic mass is 16.3. The van der Waals surface area contributed by atoms with Crippen molar-refractivity contribution in [1.82, 2.24) is 0 Å². The SMILES string of the molecule is c1ccc(-c2ccc(-c3ccccc3N(c3ccc(-c4cccc(-c5cccc6ccccc56)c4)cc3)c3ccc(-c4ccc5c(c4)oc4ccccc45)cc3)cc2)cc1. The molecule has 11 rings (SSSR count). The second-order valence-corrected chi connectivity index (χ2v) is 15.3. The van der Waals surface area contributed by atoms with Crippen molar-refractivity contribution in [3.05, 3.63) is 237 Å². The lowest BCUT2D eigenvalue weighted by molar-refractivity contribution is 0.669. The number of benzene rings is 10. The van der Waals surface area contributed by atoms with Gasteiger partial charge in [-0.15, -0.1) is 0 Å². The summed E-state index contributed by atoms with van der Waals surface area (Å²) in [5.41, 5.74) is 16.8. The topological polar surface area (TPSA) is 16.4 Å². The summed E-state index contributed by atoms with van der Waals surface area (Å²) in [6.45, 7) is 0. The zero-order valence-corrected chi connectivity index (χ0v) is 32.9. The highest BCUT2D eigenvalue weighted by Crippen LogP contribution is 2.43. The van der Waals surface area contributed by atoms with Crippen LogP contribution in [-0.2, 0) is 0 Å². The van der Waals surface area contributed by atoms with Crippen LogP contribution in [0.5, 0.6) is 0 Å². The van der Waals surface area contributed by atoms with Crippen LogP contribution in [0.4, 0.5) is 17.1 Å². The summed E-state index contributed by atoms with van der Waals surface area (Å²) in [6, 6.07) is 84.9. The first-order valence-electron chi connectivity index (χ1n) is 20.5. The van der Waals surface area contributed by atoms with Gasteiger partial charge in [-0.25, -0.2) is 0 Å². The second kappa shape index (κ2) is 15.1. The third-order valence-corrected chi connectivity index (χ3v) is 11.7. The minimum Gasteiger partial charge on any atom is -0.456 e. The van der Waals surface area contributed by atoms with Crippen LogP contribution in [0, 0.1) is 0 Å². The Kier molecular flexibility index (Phi) is 8.87. The lowest BCUT2D eigenvalue weighted by Gasteiger charge is -2.28. The molecule has 0 bridgehead atoms. The Bertz CT molecular complexity index is 3280. The van der Waals surface area contributed by atoms with E-state index in [1.807, 2.05) is 12.1 Å². The van der Waals surface area contributed by atoms with Crippen LogP contribution in [0.15, 0.2) is 241 Å². The molecule has 0 aliphatic heterocycles. The lowest BCUT2D eigenvalue weighted by atomic mass is 9.95. The molecule has 0 radical (unpaired) electrons. The van der Waals surface area contributed by atoms with Gasteiger partial charge in [-0.3, -0.25) is 0 Å². The number of nitrogens with zero attached hydrogens (tertiary/aromatic N) is 1. The van der Waals surface area contributed by atoms with Gasteiger partial charge < -0.3 is 9.32 Å². The molecule has 282 valence electrons. The first-order valence-corrected chi connectivity index (χ1v) is 20.5. The summed E-state index contributed by atoms with van der Waals surface area (Å²) in [6.07, 6.45) is 0. The Balaban J connectivity index is 0.982. The highest BCUT2D eigenvalue weighted by Gasteiger charge is 2.18. The van der Waals surface area contributed by atoms with E-state index in [1.54, 1.807) is 0 Å². The average Bonchev–Trinajstić information content (AvgIpc) is 3.70. The molecule has 0 saturated carbocycles. The van der Waals surface area contributed by atoms with Gasteiger partial charge in [0.15, 0.2) is 0 Å². The fourth-order valence-electron chi connectivity index (χ4n) is 8.67. The maximum atomic E-state index is 6.26. The second-order valence-electron chi connectivity index (χ2n) is 15.3. The molecule has 1 aromatic heterocycles. The number of fused-ring (bicyclic) bond motifs is 4. The summed E-state index contributed by atoms with van der Waals surface area (Å²) >= 11 is 0. The van der Waals surface area contributed by atoms with E-state index in [4.69, 9.17) is 4.42 Å². The smallest absolute Gasteiger partial charge is 0.136 e. The van der Waals surface area contributed by atoms with E-state index in [-0.39, 0.29) is 0 Å². The van der Waals surface area contributed by atoms with Crippen molar-refractivity contribution in [3.63, 3.8) is 0 Å². The maximum Gasteiger partial charge on any atom is 0.136 e. The highest BCUT2D eigenvalue weighted by molar-refractivity contribution is 6.06. The molecule has 2 nitrogen and oxygen atoms in total. The van der Waals surface area contributed by atoms with Crippen molar-refractivity contribution in [2.45, 2.75) is 0 Å².